The van der Waals surface area contributed by atoms with E-state index in [0.29, 0.717) is 30.1 Å². The molecule has 0 atom stereocenters. The van der Waals surface area contributed by atoms with Gasteiger partial charge < -0.3 is 4.90 Å². The molecule has 5 nitrogen and oxygen atoms in total. The number of amides is 1. The van der Waals surface area contributed by atoms with Crippen LogP contribution < -0.4 is 4.72 Å². The molecule has 0 fully saturated rings. The van der Waals surface area contributed by atoms with E-state index in [4.69, 9.17) is 0 Å². The van der Waals surface area contributed by atoms with Gasteiger partial charge in [0.2, 0.25) is 0 Å². The minimum atomic E-state index is -3.90. The van der Waals surface area contributed by atoms with E-state index >= 15 is 0 Å². The monoisotopic (exact) mass is 416 g/mol. The van der Waals surface area contributed by atoms with Crippen LogP contribution in [0.3, 0.4) is 0 Å². The van der Waals surface area contributed by atoms with Crippen LogP contribution in [0.15, 0.2) is 64.9 Å². The van der Waals surface area contributed by atoms with E-state index in [-0.39, 0.29) is 10.8 Å². The molecule has 3 aromatic rings. The van der Waals surface area contributed by atoms with Crippen molar-refractivity contribution in [2.45, 2.75) is 17.9 Å². The summed E-state index contributed by atoms with van der Waals surface area (Å²) < 4.78 is 40.9. The van der Waals surface area contributed by atoms with E-state index in [1.807, 2.05) is 17.5 Å². The van der Waals surface area contributed by atoms with Crippen LogP contribution in [-0.2, 0) is 23.0 Å². The molecule has 0 aliphatic carbocycles. The fraction of sp³-hybridized carbons (Fsp3) is 0.150. The second-order valence-corrected chi connectivity index (χ2v) is 9.13. The van der Waals surface area contributed by atoms with Crippen LogP contribution in [-0.4, -0.2) is 25.8 Å². The number of rotatable bonds is 4. The van der Waals surface area contributed by atoms with E-state index in [2.05, 4.69) is 4.72 Å². The Morgan fingerprint density at radius 1 is 1.07 bits per heavy atom. The topological polar surface area (TPSA) is 66.5 Å². The summed E-state index contributed by atoms with van der Waals surface area (Å²) in [7, 11) is -3.90. The number of fused-ring (bicyclic) bond motifs is 1. The third-order valence-electron chi connectivity index (χ3n) is 4.60. The average Bonchev–Trinajstić information content (AvgIpc) is 3.21. The predicted octanol–water partition coefficient (Wildman–Crippen LogP) is 3.89. The van der Waals surface area contributed by atoms with E-state index in [1.165, 1.54) is 29.5 Å². The van der Waals surface area contributed by atoms with Gasteiger partial charge >= 0.3 is 0 Å². The van der Waals surface area contributed by atoms with Gasteiger partial charge in [0.1, 0.15) is 5.82 Å². The van der Waals surface area contributed by atoms with Crippen molar-refractivity contribution in [3.05, 3.63) is 81.8 Å². The number of benzene rings is 2. The number of carbonyl (C=O) groups excluding carboxylic acids is 1. The first-order chi connectivity index (χ1) is 13.4. The highest BCUT2D eigenvalue weighted by molar-refractivity contribution is 7.92. The number of hydrogen-bond acceptors (Lipinski definition) is 4. The summed E-state index contributed by atoms with van der Waals surface area (Å²) in [6.45, 7) is 1.04. The largest absolute Gasteiger partial charge is 0.333 e. The first-order valence-electron chi connectivity index (χ1n) is 8.65. The molecule has 1 aromatic heterocycles. The maximum atomic E-state index is 13.4. The molecule has 0 saturated heterocycles. The number of nitrogens with zero attached hydrogens (tertiary/aromatic N) is 1. The third-order valence-corrected chi connectivity index (χ3v) is 6.83. The third kappa shape index (κ3) is 3.79. The molecule has 8 heteroatoms. The van der Waals surface area contributed by atoms with Crippen molar-refractivity contribution in [1.82, 2.24) is 4.90 Å². The number of thiophene rings is 1. The maximum Gasteiger partial charge on any atom is 0.264 e. The SMILES string of the molecule is O=C(c1cccs1)N1CCc2ccc(NS(=O)(=O)c3cccc(F)c3)cc2C1. The Morgan fingerprint density at radius 2 is 1.93 bits per heavy atom. The fourth-order valence-corrected chi connectivity index (χ4v) is 4.97. The summed E-state index contributed by atoms with van der Waals surface area (Å²) in [5, 5.41) is 1.87. The second-order valence-electron chi connectivity index (χ2n) is 6.50. The van der Waals surface area contributed by atoms with Crippen molar-refractivity contribution in [3.63, 3.8) is 0 Å². The normalized spacial score (nSPS) is 13.8. The second kappa shape index (κ2) is 7.37. The Balaban J connectivity index is 1.56. The Hall–Kier alpha value is -2.71. The molecule has 0 saturated carbocycles. The zero-order valence-electron chi connectivity index (χ0n) is 14.8. The van der Waals surface area contributed by atoms with Crippen molar-refractivity contribution in [2.75, 3.05) is 11.3 Å². The van der Waals surface area contributed by atoms with Crippen LogP contribution in [0.1, 0.15) is 20.8 Å². The summed E-state index contributed by atoms with van der Waals surface area (Å²) in [5.41, 5.74) is 2.37. The first kappa shape index (κ1) is 18.6. The van der Waals surface area contributed by atoms with Gasteiger partial charge in [0.15, 0.2) is 0 Å². The minimum Gasteiger partial charge on any atom is -0.333 e. The van der Waals surface area contributed by atoms with Gasteiger partial charge in [0.05, 0.1) is 9.77 Å². The van der Waals surface area contributed by atoms with Crippen molar-refractivity contribution < 1.29 is 17.6 Å². The van der Waals surface area contributed by atoms with Gasteiger partial charge in [-0.3, -0.25) is 9.52 Å². The number of sulfonamides is 1. The van der Waals surface area contributed by atoms with Crippen LogP contribution >= 0.6 is 11.3 Å². The minimum absolute atomic E-state index is 0.0219. The van der Waals surface area contributed by atoms with Crippen molar-refractivity contribution in [1.29, 1.82) is 0 Å². The van der Waals surface area contributed by atoms with Gasteiger partial charge in [-0.25, -0.2) is 12.8 Å². The zero-order valence-corrected chi connectivity index (χ0v) is 16.4. The molecule has 0 bridgehead atoms. The summed E-state index contributed by atoms with van der Waals surface area (Å²) in [6.07, 6.45) is 0.712. The molecule has 144 valence electrons. The molecule has 1 aliphatic rings. The van der Waals surface area contributed by atoms with Crippen molar-refractivity contribution >= 4 is 33.0 Å². The molecule has 1 aliphatic heterocycles. The van der Waals surface area contributed by atoms with Crippen LogP contribution in [0.5, 0.6) is 0 Å². The summed E-state index contributed by atoms with van der Waals surface area (Å²) >= 11 is 1.40. The van der Waals surface area contributed by atoms with Gasteiger partial charge in [-0.1, -0.05) is 18.2 Å². The molecule has 28 heavy (non-hydrogen) atoms. The Bertz CT molecular complexity index is 1130. The molecule has 0 spiro atoms. The first-order valence-corrected chi connectivity index (χ1v) is 11.0. The highest BCUT2D eigenvalue weighted by Crippen LogP contribution is 2.26. The molecular formula is C20H17FN2O3S2. The zero-order chi connectivity index (χ0) is 19.7. The van der Waals surface area contributed by atoms with Crippen LogP contribution in [0.2, 0.25) is 0 Å². The van der Waals surface area contributed by atoms with Crippen LogP contribution in [0, 0.1) is 5.82 Å². The summed E-state index contributed by atoms with van der Waals surface area (Å²) in [5.74, 6) is -0.637. The Labute approximate surface area is 166 Å². The number of hydrogen-bond donors (Lipinski definition) is 1. The molecule has 4 rings (SSSR count). The predicted molar refractivity (Wildman–Crippen MR) is 106 cm³/mol. The van der Waals surface area contributed by atoms with Crippen molar-refractivity contribution in [3.8, 4) is 0 Å². The Kier molecular flexibility index (Phi) is 4.91. The number of carbonyl (C=O) groups is 1. The lowest BCUT2D eigenvalue weighted by atomic mass is 9.99. The lowest BCUT2D eigenvalue weighted by Crippen LogP contribution is -2.35. The van der Waals surface area contributed by atoms with E-state index < -0.39 is 15.8 Å². The average molecular weight is 416 g/mol. The highest BCUT2D eigenvalue weighted by Gasteiger charge is 2.23. The molecule has 2 heterocycles. The standard InChI is InChI=1S/C20H17FN2O3S2/c21-16-3-1-4-18(12-16)28(25,26)22-17-7-6-14-8-9-23(13-15(14)11-17)20(24)19-5-2-10-27-19/h1-7,10-12,22H,8-9,13H2. The van der Waals surface area contributed by atoms with Crippen LogP contribution in [0.4, 0.5) is 10.1 Å². The van der Waals surface area contributed by atoms with E-state index in [9.17, 15) is 17.6 Å². The summed E-state index contributed by atoms with van der Waals surface area (Å²) in [6, 6.07) is 13.8. The molecule has 2 aromatic carbocycles. The lowest BCUT2D eigenvalue weighted by Gasteiger charge is -2.29. The fourth-order valence-electron chi connectivity index (χ4n) is 3.20. The van der Waals surface area contributed by atoms with Gasteiger partial charge in [0, 0.05) is 18.8 Å². The lowest BCUT2D eigenvalue weighted by molar-refractivity contribution is 0.0739. The van der Waals surface area contributed by atoms with Crippen LogP contribution in [0.25, 0.3) is 0 Å². The number of nitrogens with one attached hydrogen (secondary N) is 1. The van der Waals surface area contributed by atoms with E-state index in [1.54, 1.807) is 23.1 Å². The van der Waals surface area contributed by atoms with E-state index in [0.717, 1.165) is 17.2 Å². The molecular weight excluding hydrogens is 399 g/mol. The number of anilines is 1. The molecule has 0 radical (unpaired) electrons. The molecule has 1 amide bonds. The number of halogens is 1. The maximum absolute atomic E-state index is 13.4. The smallest absolute Gasteiger partial charge is 0.264 e. The highest BCUT2D eigenvalue weighted by atomic mass is 32.2. The molecule has 0 unspecified atom stereocenters. The molecule has 1 N–H and O–H groups in total. The van der Waals surface area contributed by atoms with Gasteiger partial charge in [-0.15, -0.1) is 11.3 Å². The van der Waals surface area contributed by atoms with Gasteiger partial charge in [-0.2, -0.15) is 0 Å². The van der Waals surface area contributed by atoms with Gasteiger partial charge in [-0.05, 0) is 59.3 Å². The van der Waals surface area contributed by atoms with Crippen molar-refractivity contribution in [2.24, 2.45) is 0 Å². The quantitative estimate of drug-likeness (QED) is 0.702. The summed E-state index contributed by atoms with van der Waals surface area (Å²) in [4.78, 5) is 14.9. The van der Waals surface area contributed by atoms with Gasteiger partial charge in [0.25, 0.3) is 15.9 Å². The Morgan fingerprint density at radius 3 is 2.68 bits per heavy atom.